The molecule has 2 heterocycles. The SMILES string of the molecule is C=C(CCCCCN1C(=O)C=CC1=O)OCC1CC(C)C2CC(COC(=O)CCCCCN3C(=O)C=CC3=O)CC2C1C.O. The van der Waals surface area contributed by atoms with Crippen molar-refractivity contribution in [1.29, 1.82) is 0 Å². The van der Waals surface area contributed by atoms with Crippen molar-refractivity contribution in [2.75, 3.05) is 26.3 Å². The average molecular weight is 615 g/mol. The number of nitrogens with zero attached hydrogens (tertiary/aromatic N) is 2. The lowest BCUT2D eigenvalue weighted by atomic mass is 9.64. The molecule has 4 aliphatic rings. The van der Waals surface area contributed by atoms with Gasteiger partial charge in [-0.3, -0.25) is 33.8 Å². The second kappa shape index (κ2) is 16.7. The second-order valence-corrected chi connectivity index (χ2v) is 13.0. The van der Waals surface area contributed by atoms with Gasteiger partial charge < -0.3 is 14.9 Å². The molecule has 6 atom stereocenters. The van der Waals surface area contributed by atoms with Crippen molar-refractivity contribution >= 4 is 29.6 Å². The van der Waals surface area contributed by atoms with Crippen LogP contribution in [0.1, 0.15) is 84.5 Å². The van der Waals surface area contributed by atoms with E-state index in [1.54, 1.807) is 0 Å². The van der Waals surface area contributed by atoms with E-state index in [1.807, 2.05) is 0 Å². The summed E-state index contributed by atoms with van der Waals surface area (Å²) in [6.07, 6.45) is 14.5. The van der Waals surface area contributed by atoms with Gasteiger partial charge >= 0.3 is 5.97 Å². The smallest absolute Gasteiger partial charge is 0.305 e. The zero-order chi connectivity index (χ0) is 30.9. The van der Waals surface area contributed by atoms with Gasteiger partial charge in [-0.1, -0.05) is 33.3 Å². The first-order chi connectivity index (χ1) is 20.6. The van der Waals surface area contributed by atoms with Gasteiger partial charge in [0.05, 0.1) is 19.0 Å². The van der Waals surface area contributed by atoms with Crippen LogP contribution in [0.15, 0.2) is 36.6 Å². The highest BCUT2D eigenvalue weighted by atomic mass is 16.5. The van der Waals surface area contributed by atoms with E-state index < -0.39 is 0 Å². The monoisotopic (exact) mass is 614 g/mol. The van der Waals surface area contributed by atoms with Gasteiger partial charge in [0, 0.05) is 50.2 Å². The number of fused-ring (bicyclic) bond motifs is 1. The van der Waals surface area contributed by atoms with Crippen LogP contribution >= 0.6 is 0 Å². The Morgan fingerprint density at radius 3 is 1.82 bits per heavy atom. The summed E-state index contributed by atoms with van der Waals surface area (Å²) in [5.41, 5.74) is 0. The summed E-state index contributed by atoms with van der Waals surface area (Å²) >= 11 is 0. The highest BCUT2D eigenvalue weighted by Crippen LogP contribution is 2.52. The summed E-state index contributed by atoms with van der Waals surface area (Å²) < 4.78 is 11.8. The number of hydrogen-bond acceptors (Lipinski definition) is 7. The molecular formula is C34H50N2O8. The Hall–Kier alpha value is -3.27. The van der Waals surface area contributed by atoms with Crippen LogP contribution in [0, 0.1) is 35.5 Å². The topological polar surface area (TPSA) is 142 Å². The van der Waals surface area contributed by atoms with Gasteiger partial charge in [-0.2, -0.15) is 0 Å². The number of esters is 1. The molecule has 0 radical (unpaired) electrons. The van der Waals surface area contributed by atoms with Crippen LogP contribution in [0.25, 0.3) is 0 Å². The van der Waals surface area contributed by atoms with Crippen LogP contribution < -0.4 is 0 Å². The van der Waals surface area contributed by atoms with Crippen molar-refractivity contribution < 1.29 is 38.9 Å². The van der Waals surface area contributed by atoms with Gasteiger partial charge in [0.1, 0.15) is 0 Å². The standard InChI is InChI=1S/C34H48N2O7.H2O/c1-23-18-27(22-42-24(2)10-6-4-8-16-35-30(37)12-13-31(35)38)25(3)29-20-26(19-28(23)29)21-43-34(41)11-7-5-9-17-36-32(39)14-15-33(36)40;/h12-15,23,25-29H,2,4-11,16-22H2,1,3H3;1H2. The summed E-state index contributed by atoms with van der Waals surface area (Å²) in [7, 11) is 0. The van der Waals surface area contributed by atoms with E-state index in [9.17, 15) is 24.0 Å². The first-order valence-corrected chi connectivity index (χ1v) is 16.2. The van der Waals surface area contributed by atoms with E-state index >= 15 is 0 Å². The number of hydrogen-bond donors (Lipinski definition) is 0. The second-order valence-electron chi connectivity index (χ2n) is 13.0. The van der Waals surface area contributed by atoms with E-state index in [1.165, 1.54) is 34.1 Å². The predicted molar refractivity (Wildman–Crippen MR) is 164 cm³/mol. The van der Waals surface area contributed by atoms with Crippen molar-refractivity contribution in [3.8, 4) is 0 Å². The fourth-order valence-electron chi connectivity index (χ4n) is 7.41. The zero-order valence-corrected chi connectivity index (χ0v) is 26.3. The van der Waals surface area contributed by atoms with Crippen LogP contribution in [-0.2, 0) is 33.4 Å². The summed E-state index contributed by atoms with van der Waals surface area (Å²) in [6, 6.07) is 0. The molecule has 4 amide bonds. The van der Waals surface area contributed by atoms with E-state index in [0.717, 1.165) is 57.1 Å². The molecular weight excluding hydrogens is 564 g/mol. The van der Waals surface area contributed by atoms with Crippen molar-refractivity contribution in [3.05, 3.63) is 36.6 Å². The third-order valence-electron chi connectivity index (χ3n) is 9.97. The van der Waals surface area contributed by atoms with Crippen molar-refractivity contribution in [3.63, 3.8) is 0 Å². The maximum absolute atomic E-state index is 12.4. The lowest BCUT2D eigenvalue weighted by Crippen LogP contribution is -2.37. The number of amides is 4. The molecule has 10 nitrogen and oxygen atoms in total. The van der Waals surface area contributed by atoms with Crippen LogP contribution in [0.3, 0.4) is 0 Å². The number of unbranched alkanes of at least 4 members (excludes halogenated alkanes) is 4. The Bertz CT molecular complexity index is 1090. The molecule has 2 fully saturated rings. The molecule has 2 aliphatic carbocycles. The van der Waals surface area contributed by atoms with Crippen molar-refractivity contribution in [2.45, 2.75) is 84.5 Å². The maximum Gasteiger partial charge on any atom is 0.305 e. The molecule has 6 unspecified atom stereocenters. The van der Waals surface area contributed by atoms with Gasteiger partial charge in [-0.25, -0.2) is 0 Å². The largest absolute Gasteiger partial charge is 0.498 e. The number of ether oxygens (including phenoxy) is 2. The molecule has 2 aliphatic heterocycles. The molecule has 0 aromatic rings. The van der Waals surface area contributed by atoms with E-state index in [2.05, 4.69) is 20.4 Å². The van der Waals surface area contributed by atoms with Gasteiger partial charge in [0.25, 0.3) is 23.6 Å². The average Bonchev–Trinajstić information content (AvgIpc) is 3.66. The minimum absolute atomic E-state index is 0. The van der Waals surface area contributed by atoms with E-state index in [4.69, 9.17) is 9.47 Å². The van der Waals surface area contributed by atoms with Gasteiger partial charge in [0.2, 0.25) is 0 Å². The zero-order valence-electron chi connectivity index (χ0n) is 26.3. The molecule has 2 saturated carbocycles. The van der Waals surface area contributed by atoms with Gasteiger partial charge in [0.15, 0.2) is 0 Å². The number of carbonyl (C=O) groups is 5. The number of rotatable bonds is 17. The third kappa shape index (κ3) is 9.36. The lowest BCUT2D eigenvalue weighted by Gasteiger charge is -2.42. The van der Waals surface area contributed by atoms with Crippen molar-refractivity contribution in [2.24, 2.45) is 35.5 Å². The minimum Gasteiger partial charge on any atom is -0.498 e. The van der Waals surface area contributed by atoms with E-state index in [-0.39, 0.29) is 35.1 Å². The first kappa shape index (κ1) is 35.2. The van der Waals surface area contributed by atoms with Gasteiger partial charge in [-0.15, -0.1) is 0 Å². The van der Waals surface area contributed by atoms with Crippen LogP contribution in [-0.4, -0.2) is 71.2 Å². The molecule has 4 rings (SSSR count). The highest BCUT2D eigenvalue weighted by molar-refractivity contribution is 6.13. The molecule has 0 spiro atoms. The fourth-order valence-corrected chi connectivity index (χ4v) is 7.41. The first-order valence-electron chi connectivity index (χ1n) is 16.2. The Morgan fingerprint density at radius 2 is 1.25 bits per heavy atom. The molecule has 0 aromatic carbocycles. The Morgan fingerprint density at radius 1 is 0.727 bits per heavy atom. The van der Waals surface area contributed by atoms with Crippen LogP contribution in [0.5, 0.6) is 0 Å². The summed E-state index contributed by atoms with van der Waals surface area (Å²) in [5.74, 6) is 3.00. The predicted octanol–water partition coefficient (Wildman–Crippen LogP) is 4.14. The Balaban J connectivity index is 0.00000529. The number of imide groups is 2. The Kier molecular flexibility index (Phi) is 13.4. The fraction of sp³-hybridized carbons (Fsp3) is 0.676. The number of carbonyl (C=O) groups excluding carboxylic acids is 5. The molecule has 2 N–H and O–H groups in total. The van der Waals surface area contributed by atoms with Gasteiger partial charge in [-0.05, 0) is 80.5 Å². The lowest BCUT2D eigenvalue weighted by molar-refractivity contribution is -0.145. The highest BCUT2D eigenvalue weighted by Gasteiger charge is 2.46. The molecule has 0 saturated heterocycles. The summed E-state index contributed by atoms with van der Waals surface area (Å²) in [4.78, 5) is 61.3. The molecule has 10 heteroatoms. The van der Waals surface area contributed by atoms with Crippen LogP contribution in [0.4, 0.5) is 0 Å². The quantitative estimate of drug-likeness (QED) is 0.104. The Labute approximate surface area is 261 Å². The minimum atomic E-state index is -0.260. The summed E-state index contributed by atoms with van der Waals surface area (Å²) in [6.45, 7) is 10.9. The molecule has 0 aromatic heterocycles. The molecule has 0 bridgehead atoms. The normalized spacial score (nSPS) is 27.6. The summed E-state index contributed by atoms with van der Waals surface area (Å²) in [5, 5.41) is 0. The third-order valence-corrected chi connectivity index (χ3v) is 9.97. The number of allylic oxidation sites excluding steroid dienone is 1. The maximum atomic E-state index is 12.4. The van der Waals surface area contributed by atoms with E-state index in [0.29, 0.717) is 81.1 Å². The molecule has 244 valence electrons. The molecule has 44 heavy (non-hydrogen) atoms. The van der Waals surface area contributed by atoms with Crippen LogP contribution in [0.2, 0.25) is 0 Å². The van der Waals surface area contributed by atoms with Crippen molar-refractivity contribution in [1.82, 2.24) is 9.80 Å².